The van der Waals surface area contributed by atoms with Gasteiger partial charge in [-0.3, -0.25) is 4.79 Å². The van der Waals surface area contributed by atoms with Gasteiger partial charge in [0.25, 0.3) is 0 Å². The van der Waals surface area contributed by atoms with Gasteiger partial charge >= 0.3 is 0 Å². The molecule has 0 saturated carbocycles. The Kier molecular flexibility index (Phi) is 4.72. The van der Waals surface area contributed by atoms with Gasteiger partial charge in [0.2, 0.25) is 0 Å². The minimum absolute atomic E-state index is 0.0421. The number of pyridine rings is 1. The summed E-state index contributed by atoms with van der Waals surface area (Å²) < 4.78 is 21.8. The maximum Gasteiger partial charge on any atom is 0.198 e. The SMILES string of the molecule is Cc1cc(C(C)(C)C)c(Cl)cc1-n1ccc(=O)c(S(C)(=N)=O)c1C. The van der Waals surface area contributed by atoms with Gasteiger partial charge in [-0.15, -0.1) is 0 Å². The lowest BCUT2D eigenvalue weighted by atomic mass is 9.86. The van der Waals surface area contributed by atoms with E-state index in [0.717, 1.165) is 16.8 Å². The van der Waals surface area contributed by atoms with E-state index >= 15 is 0 Å². The van der Waals surface area contributed by atoms with E-state index in [4.69, 9.17) is 16.4 Å². The standard InChI is InChI=1S/C18H23ClN2O2S/c1-11-9-13(18(3,4)5)14(19)10-15(11)21-8-7-16(22)17(12(21)2)24(6,20)23/h7-10,20H,1-6H3. The molecule has 0 aliphatic carbocycles. The van der Waals surface area contributed by atoms with E-state index in [0.29, 0.717) is 10.7 Å². The lowest BCUT2D eigenvalue weighted by molar-refractivity contribution is 0.589. The maximum absolute atomic E-state index is 12.2. The van der Waals surface area contributed by atoms with Gasteiger partial charge in [-0.2, -0.15) is 0 Å². The Hall–Kier alpha value is -1.59. The van der Waals surface area contributed by atoms with Gasteiger partial charge in [-0.25, -0.2) is 8.99 Å². The summed E-state index contributed by atoms with van der Waals surface area (Å²) in [6.07, 6.45) is 2.91. The van der Waals surface area contributed by atoms with Crippen LogP contribution in [0.15, 0.2) is 34.1 Å². The highest BCUT2D eigenvalue weighted by Crippen LogP contribution is 2.33. The Morgan fingerprint density at radius 3 is 2.29 bits per heavy atom. The minimum atomic E-state index is -3.12. The van der Waals surface area contributed by atoms with Crippen molar-refractivity contribution < 1.29 is 4.21 Å². The average molecular weight is 367 g/mol. The molecule has 0 saturated heterocycles. The zero-order valence-corrected chi connectivity index (χ0v) is 16.4. The molecule has 0 aliphatic heterocycles. The summed E-state index contributed by atoms with van der Waals surface area (Å²) in [6, 6.07) is 5.25. The molecule has 130 valence electrons. The summed E-state index contributed by atoms with van der Waals surface area (Å²) in [5.74, 6) is 0. The number of aryl methyl sites for hydroxylation is 1. The molecule has 24 heavy (non-hydrogen) atoms. The van der Waals surface area contributed by atoms with Crippen LogP contribution in [0.3, 0.4) is 0 Å². The summed E-state index contributed by atoms with van der Waals surface area (Å²) >= 11 is 6.48. The number of aromatic nitrogens is 1. The topological polar surface area (TPSA) is 62.9 Å². The summed E-state index contributed by atoms with van der Waals surface area (Å²) in [7, 11) is -3.12. The Labute approximate surface area is 148 Å². The van der Waals surface area contributed by atoms with Gasteiger partial charge in [0, 0.05) is 34.9 Å². The van der Waals surface area contributed by atoms with Crippen LogP contribution in [-0.4, -0.2) is 15.0 Å². The first-order valence-electron chi connectivity index (χ1n) is 7.61. The molecule has 0 amide bonds. The largest absolute Gasteiger partial charge is 0.319 e. The van der Waals surface area contributed by atoms with Crippen LogP contribution in [0.25, 0.3) is 5.69 Å². The highest BCUT2D eigenvalue weighted by Gasteiger charge is 2.21. The van der Waals surface area contributed by atoms with E-state index in [-0.39, 0.29) is 15.7 Å². The molecule has 1 aromatic heterocycles. The Morgan fingerprint density at radius 1 is 1.21 bits per heavy atom. The molecule has 1 atom stereocenters. The summed E-state index contributed by atoms with van der Waals surface area (Å²) in [5.41, 5.74) is 2.91. The van der Waals surface area contributed by atoms with Crippen LogP contribution >= 0.6 is 11.6 Å². The predicted octanol–water partition coefficient (Wildman–Crippen LogP) is 4.44. The lowest BCUT2D eigenvalue weighted by Gasteiger charge is -2.24. The smallest absolute Gasteiger partial charge is 0.198 e. The molecule has 2 rings (SSSR count). The number of nitrogens with zero attached hydrogens (tertiary/aromatic N) is 1. The fourth-order valence-electron chi connectivity index (χ4n) is 2.86. The third-order valence-corrected chi connectivity index (χ3v) is 5.62. The van der Waals surface area contributed by atoms with Crippen LogP contribution < -0.4 is 5.43 Å². The first-order chi connectivity index (χ1) is 10.8. The van der Waals surface area contributed by atoms with Crippen LogP contribution in [0.2, 0.25) is 5.02 Å². The van der Waals surface area contributed by atoms with Crippen molar-refractivity contribution in [3.8, 4) is 5.69 Å². The van der Waals surface area contributed by atoms with Gasteiger partial charge in [-0.1, -0.05) is 38.4 Å². The first-order valence-corrected chi connectivity index (χ1v) is 9.95. The zero-order valence-electron chi connectivity index (χ0n) is 14.9. The molecule has 1 N–H and O–H groups in total. The van der Waals surface area contributed by atoms with Crippen LogP contribution in [0.5, 0.6) is 0 Å². The molecular weight excluding hydrogens is 344 g/mol. The van der Waals surface area contributed by atoms with Gasteiger partial charge in [0.15, 0.2) is 5.43 Å². The molecule has 0 fully saturated rings. The van der Waals surface area contributed by atoms with Crippen LogP contribution in [-0.2, 0) is 15.1 Å². The Morgan fingerprint density at radius 2 is 1.79 bits per heavy atom. The predicted molar refractivity (Wildman–Crippen MR) is 100 cm³/mol. The molecule has 0 spiro atoms. The van der Waals surface area contributed by atoms with Crippen LogP contribution in [0, 0.1) is 18.6 Å². The monoisotopic (exact) mass is 366 g/mol. The van der Waals surface area contributed by atoms with E-state index in [9.17, 15) is 9.00 Å². The highest BCUT2D eigenvalue weighted by atomic mass is 35.5. The van der Waals surface area contributed by atoms with Crippen LogP contribution in [0.4, 0.5) is 0 Å². The molecule has 4 nitrogen and oxygen atoms in total. The third kappa shape index (κ3) is 3.42. The van der Waals surface area contributed by atoms with Crippen molar-refractivity contribution in [2.75, 3.05) is 6.26 Å². The number of rotatable bonds is 2. The second-order valence-electron chi connectivity index (χ2n) is 7.18. The van der Waals surface area contributed by atoms with Gasteiger partial charge in [0.1, 0.15) is 4.90 Å². The van der Waals surface area contributed by atoms with Crippen molar-refractivity contribution in [2.45, 2.75) is 44.9 Å². The van der Waals surface area contributed by atoms with Crippen molar-refractivity contribution in [1.82, 2.24) is 4.57 Å². The molecule has 1 unspecified atom stereocenters. The molecule has 2 aromatic rings. The van der Waals surface area contributed by atoms with Gasteiger partial charge in [0.05, 0.1) is 9.73 Å². The second kappa shape index (κ2) is 6.05. The number of nitrogens with one attached hydrogen (secondary N) is 1. The molecule has 0 aliphatic rings. The van der Waals surface area contributed by atoms with E-state index in [2.05, 4.69) is 20.8 Å². The average Bonchev–Trinajstić information content (AvgIpc) is 2.39. The Bertz CT molecular complexity index is 968. The number of hydrogen-bond acceptors (Lipinski definition) is 3. The molecule has 0 bridgehead atoms. The lowest BCUT2D eigenvalue weighted by Crippen LogP contribution is -2.19. The minimum Gasteiger partial charge on any atom is -0.319 e. The van der Waals surface area contributed by atoms with E-state index in [1.807, 2.05) is 19.1 Å². The number of benzene rings is 1. The van der Waals surface area contributed by atoms with Crippen molar-refractivity contribution in [3.63, 3.8) is 0 Å². The first kappa shape index (κ1) is 18.7. The van der Waals surface area contributed by atoms with Crippen molar-refractivity contribution in [3.05, 3.63) is 56.5 Å². The van der Waals surface area contributed by atoms with Gasteiger partial charge in [-0.05, 0) is 36.5 Å². The molecule has 1 aromatic carbocycles. The fourth-order valence-corrected chi connectivity index (χ4v) is 4.41. The summed E-state index contributed by atoms with van der Waals surface area (Å²) in [5, 5.41) is 0.644. The van der Waals surface area contributed by atoms with Crippen molar-refractivity contribution in [1.29, 1.82) is 4.78 Å². The normalized spacial score (nSPS) is 14.5. The van der Waals surface area contributed by atoms with E-state index in [1.54, 1.807) is 17.7 Å². The number of halogens is 1. The second-order valence-corrected chi connectivity index (χ2v) is 9.68. The van der Waals surface area contributed by atoms with Gasteiger partial charge < -0.3 is 4.57 Å². The van der Waals surface area contributed by atoms with Crippen LogP contribution in [0.1, 0.15) is 37.6 Å². The quantitative estimate of drug-likeness (QED) is 0.853. The molecule has 6 heteroatoms. The molecular formula is C18H23ClN2O2S. The third-order valence-electron chi connectivity index (χ3n) is 4.03. The number of hydrogen-bond donors (Lipinski definition) is 1. The zero-order chi connectivity index (χ0) is 18.4. The summed E-state index contributed by atoms with van der Waals surface area (Å²) in [4.78, 5) is 12.1. The highest BCUT2D eigenvalue weighted by molar-refractivity contribution is 7.91. The van der Waals surface area contributed by atoms with Crippen molar-refractivity contribution >= 4 is 21.3 Å². The fraction of sp³-hybridized carbons (Fsp3) is 0.389. The molecule has 0 radical (unpaired) electrons. The van der Waals surface area contributed by atoms with Crippen molar-refractivity contribution in [2.24, 2.45) is 0 Å². The maximum atomic E-state index is 12.2. The molecule has 1 heterocycles. The van der Waals surface area contributed by atoms with E-state index < -0.39 is 9.73 Å². The van der Waals surface area contributed by atoms with E-state index in [1.165, 1.54) is 12.3 Å². The summed E-state index contributed by atoms with van der Waals surface area (Å²) in [6.45, 7) is 9.98. The Balaban J connectivity index is 2.80.